The fraction of sp³-hybridized carbons (Fsp3) is 0.381. The summed E-state index contributed by atoms with van der Waals surface area (Å²) in [6, 6.07) is 4.21. The minimum absolute atomic E-state index is 0.0399. The number of nitrogens with two attached hydrogens (primary N) is 1. The van der Waals surface area contributed by atoms with Crippen LogP contribution in [0, 0.1) is 29.0 Å². The van der Waals surface area contributed by atoms with E-state index in [4.69, 9.17) is 11.1 Å². The molecule has 3 aliphatic rings. The minimum Gasteiger partial charge on any atom is -0.481 e. The molecule has 0 unspecified atom stereocenters. The van der Waals surface area contributed by atoms with Gasteiger partial charge in [-0.05, 0) is 55.7 Å². The number of nitrogens with one attached hydrogen (secondary N) is 2. The summed E-state index contributed by atoms with van der Waals surface area (Å²) < 4.78 is 15.9. The fourth-order valence-corrected chi connectivity index (χ4v) is 5.11. The Balaban J connectivity index is 1.58. The van der Waals surface area contributed by atoms with Crippen LogP contribution in [-0.2, 0) is 4.79 Å². The van der Waals surface area contributed by atoms with Crippen LogP contribution in [-0.4, -0.2) is 42.4 Å². The van der Waals surface area contributed by atoms with E-state index in [1.165, 1.54) is 23.0 Å². The van der Waals surface area contributed by atoms with Gasteiger partial charge in [-0.2, -0.15) is 0 Å². The maximum absolute atomic E-state index is 14.6. The number of halogens is 1. The molecule has 160 valence electrons. The van der Waals surface area contributed by atoms with Crippen LogP contribution in [0.3, 0.4) is 0 Å². The molecule has 2 atom stereocenters. The van der Waals surface area contributed by atoms with Crippen LogP contribution < -0.4 is 11.1 Å². The van der Waals surface area contributed by atoms with E-state index in [2.05, 4.69) is 20.4 Å². The SMILES string of the molecule is N=C(c1nc(N[C@H]2C3CCC(CC3)[C@@H]2C(=O)O)c2c(F)ccn2n1)c1cccnc1N. The number of rotatable bonds is 5. The van der Waals surface area contributed by atoms with Crippen LogP contribution in [0.5, 0.6) is 0 Å². The number of carboxylic acids is 1. The number of anilines is 2. The van der Waals surface area contributed by atoms with Gasteiger partial charge in [-0.25, -0.2) is 18.9 Å². The Morgan fingerprint density at radius 2 is 2.00 bits per heavy atom. The average Bonchev–Trinajstić information content (AvgIpc) is 3.15. The summed E-state index contributed by atoms with van der Waals surface area (Å²) in [6.07, 6.45) is 6.64. The number of carboxylic acid groups (broad SMARTS) is 1. The standard InChI is InChI=1S/C21H22FN7O2/c22-13-7-9-29-17(13)20(26-16-11-5-3-10(4-6-11)14(16)21(30)31)27-19(28-29)15(23)12-2-1-8-25-18(12)24/h1-2,7-11,14,16,23H,3-6H2,(H2,24,25)(H,30,31)(H,26,27,28)/t10?,11?,14-,16-/m0/s1. The molecule has 6 rings (SSSR count). The van der Waals surface area contributed by atoms with Crippen molar-refractivity contribution < 1.29 is 14.3 Å². The highest BCUT2D eigenvalue weighted by molar-refractivity contribution is 6.11. The van der Waals surface area contributed by atoms with Crippen molar-refractivity contribution in [3.63, 3.8) is 0 Å². The van der Waals surface area contributed by atoms with Crippen molar-refractivity contribution in [2.75, 3.05) is 11.1 Å². The van der Waals surface area contributed by atoms with E-state index >= 15 is 0 Å². The molecule has 31 heavy (non-hydrogen) atoms. The quantitative estimate of drug-likeness (QED) is 0.462. The molecule has 3 aromatic heterocycles. The highest BCUT2D eigenvalue weighted by Crippen LogP contribution is 2.46. The zero-order valence-corrected chi connectivity index (χ0v) is 16.6. The van der Waals surface area contributed by atoms with Crippen LogP contribution in [0.1, 0.15) is 37.1 Å². The number of nitrogens with zero attached hydrogens (tertiary/aromatic N) is 4. The van der Waals surface area contributed by atoms with Gasteiger partial charge in [0.2, 0.25) is 5.82 Å². The van der Waals surface area contributed by atoms with E-state index in [-0.39, 0.29) is 46.6 Å². The Hall–Kier alpha value is -3.56. The monoisotopic (exact) mass is 423 g/mol. The number of carbonyl (C=O) groups is 1. The number of nitrogen functional groups attached to an aromatic ring is 1. The van der Waals surface area contributed by atoms with Gasteiger partial charge >= 0.3 is 5.97 Å². The van der Waals surface area contributed by atoms with E-state index in [0.717, 1.165) is 25.7 Å². The van der Waals surface area contributed by atoms with Crippen molar-refractivity contribution in [1.82, 2.24) is 19.6 Å². The van der Waals surface area contributed by atoms with Gasteiger partial charge in [-0.15, -0.1) is 5.10 Å². The van der Waals surface area contributed by atoms with Gasteiger partial charge in [0.1, 0.15) is 17.0 Å². The summed E-state index contributed by atoms with van der Waals surface area (Å²) in [4.78, 5) is 20.5. The molecule has 3 aromatic rings. The van der Waals surface area contributed by atoms with Crippen LogP contribution in [0.2, 0.25) is 0 Å². The zero-order chi connectivity index (χ0) is 21.7. The molecule has 3 fully saturated rings. The molecule has 9 nitrogen and oxygen atoms in total. The highest BCUT2D eigenvalue weighted by atomic mass is 19.1. The number of fused-ring (bicyclic) bond motifs is 4. The molecule has 0 aromatic carbocycles. The van der Waals surface area contributed by atoms with Gasteiger partial charge in [0.05, 0.1) is 5.92 Å². The third kappa shape index (κ3) is 3.18. The van der Waals surface area contributed by atoms with E-state index in [1.807, 2.05) is 0 Å². The van der Waals surface area contributed by atoms with Crippen molar-refractivity contribution in [3.05, 3.63) is 47.8 Å². The van der Waals surface area contributed by atoms with Crippen LogP contribution in [0.4, 0.5) is 16.0 Å². The molecule has 3 saturated carbocycles. The van der Waals surface area contributed by atoms with E-state index < -0.39 is 17.7 Å². The van der Waals surface area contributed by atoms with Gasteiger partial charge in [-0.3, -0.25) is 10.2 Å². The third-order valence-electron chi connectivity index (χ3n) is 6.60. The maximum Gasteiger partial charge on any atom is 0.308 e. The molecule has 10 heteroatoms. The van der Waals surface area contributed by atoms with Gasteiger partial charge < -0.3 is 16.2 Å². The molecular weight excluding hydrogens is 401 g/mol. The summed E-state index contributed by atoms with van der Waals surface area (Å²) in [5, 5.41) is 25.9. The number of aromatic nitrogens is 4. The number of pyridine rings is 1. The number of hydrogen-bond donors (Lipinski definition) is 4. The first-order chi connectivity index (χ1) is 14.9. The minimum atomic E-state index is -0.844. The molecule has 0 spiro atoms. The summed E-state index contributed by atoms with van der Waals surface area (Å²) in [5.74, 6) is -1.25. The molecule has 0 saturated heterocycles. The number of hydrogen-bond acceptors (Lipinski definition) is 7. The van der Waals surface area contributed by atoms with E-state index in [9.17, 15) is 14.3 Å². The van der Waals surface area contributed by atoms with Gasteiger partial charge in [-0.1, -0.05) is 0 Å². The van der Waals surface area contributed by atoms with Crippen LogP contribution in [0.15, 0.2) is 30.6 Å². The fourth-order valence-electron chi connectivity index (χ4n) is 5.11. The summed E-state index contributed by atoms with van der Waals surface area (Å²) in [5.41, 5.74) is 6.34. The lowest BCUT2D eigenvalue weighted by Crippen LogP contribution is -2.51. The topological polar surface area (TPSA) is 142 Å². The lowest BCUT2D eigenvalue weighted by molar-refractivity contribution is -0.148. The van der Waals surface area contributed by atoms with Crippen molar-refractivity contribution >= 4 is 28.8 Å². The lowest BCUT2D eigenvalue weighted by Gasteiger charge is -2.47. The van der Waals surface area contributed by atoms with Crippen molar-refractivity contribution in [2.45, 2.75) is 31.7 Å². The molecule has 2 bridgehead atoms. The highest BCUT2D eigenvalue weighted by Gasteiger charge is 2.47. The smallest absolute Gasteiger partial charge is 0.308 e. The normalized spacial score (nSPS) is 24.9. The first-order valence-corrected chi connectivity index (χ1v) is 10.3. The van der Waals surface area contributed by atoms with Crippen molar-refractivity contribution in [2.24, 2.45) is 17.8 Å². The summed E-state index contributed by atoms with van der Waals surface area (Å²) in [6.45, 7) is 0. The maximum atomic E-state index is 14.6. The average molecular weight is 423 g/mol. The molecule has 0 aliphatic heterocycles. The van der Waals surface area contributed by atoms with Crippen molar-refractivity contribution in [3.8, 4) is 0 Å². The second kappa shape index (κ2) is 7.29. The van der Waals surface area contributed by atoms with Crippen LogP contribution >= 0.6 is 0 Å². The Labute approximate surface area is 177 Å². The Bertz CT molecular complexity index is 1190. The van der Waals surface area contributed by atoms with E-state index in [1.54, 1.807) is 12.1 Å². The van der Waals surface area contributed by atoms with Gasteiger partial charge in [0, 0.05) is 24.0 Å². The first-order valence-electron chi connectivity index (χ1n) is 10.3. The largest absolute Gasteiger partial charge is 0.481 e. The Kier molecular flexibility index (Phi) is 4.57. The summed E-state index contributed by atoms with van der Waals surface area (Å²) >= 11 is 0. The molecule has 0 amide bonds. The predicted molar refractivity (Wildman–Crippen MR) is 112 cm³/mol. The molecule has 5 N–H and O–H groups in total. The van der Waals surface area contributed by atoms with Gasteiger partial charge in [0.25, 0.3) is 0 Å². The molecule has 3 heterocycles. The second-order valence-electron chi connectivity index (χ2n) is 8.26. The zero-order valence-electron chi connectivity index (χ0n) is 16.6. The second-order valence-corrected chi connectivity index (χ2v) is 8.26. The van der Waals surface area contributed by atoms with Crippen LogP contribution in [0.25, 0.3) is 5.52 Å². The first kappa shape index (κ1) is 19.4. The summed E-state index contributed by atoms with van der Waals surface area (Å²) in [7, 11) is 0. The molecule has 0 radical (unpaired) electrons. The third-order valence-corrected chi connectivity index (χ3v) is 6.60. The van der Waals surface area contributed by atoms with Crippen molar-refractivity contribution in [1.29, 1.82) is 5.41 Å². The Morgan fingerprint density at radius 3 is 2.71 bits per heavy atom. The van der Waals surface area contributed by atoms with Gasteiger partial charge in [0.15, 0.2) is 11.6 Å². The predicted octanol–water partition coefficient (Wildman–Crippen LogP) is 2.56. The Morgan fingerprint density at radius 1 is 1.26 bits per heavy atom. The number of aliphatic carboxylic acids is 1. The lowest BCUT2D eigenvalue weighted by atomic mass is 9.61. The van der Waals surface area contributed by atoms with E-state index in [0.29, 0.717) is 5.56 Å². The molecular formula is C21H22FN7O2. The molecule has 3 aliphatic carbocycles.